The number of rotatable bonds is 5. The molecule has 1 aromatic carbocycles. The monoisotopic (exact) mass is 342 g/mol. The van der Waals surface area contributed by atoms with Crippen LogP contribution in [-0.4, -0.2) is 41.8 Å². The predicted octanol–water partition coefficient (Wildman–Crippen LogP) is 1.64. The minimum Gasteiger partial charge on any atom is -0.481 e. The molecule has 1 N–H and O–H groups in total. The molecule has 23 heavy (non-hydrogen) atoms. The molecule has 0 amide bonds. The number of hydrogen-bond donors (Lipinski definition) is 1. The maximum absolute atomic E-state index is 12.8. The van der Waals surface area contributed by atoms with E-state index in [2.05, 4.69) is 0 Å². The van der Waals surface area contributed by atoms with Gasteiger partial charge in [-0.3, -0.25) is 14.9 Å². The fourth-order valence-corrected chi connectivity index (χ4v) is 4.53. The topological polar surface area (TPSA) is 118 Å². The lowest BCUT2D eigenvalue weighted by atomic mass is 10.0. The van der Waals surface area contributed by atoms with Crippen LogP contribution in [0.2, 0.25) is 0 Å². The number of nitro groups is 1. The highest BCUT2D eigenvalue weighted by Gasteiger charge is 2.34. The number of carboxylic acid groups (broad SMARTS) is 1. The van der Waals surface area contributed by atoms with Gasteiger partial charge in [-0.05, 0) is 24.8 Å². The van der Waals surface area contributed by atoms with Crippen LogP contribution in [0.25, 0.3) is 0 Å². The zero-order valence-corrected chi connectivity index (χ0v) is 13.5. The first-order valence-corrected chi connectivity index (χ1v) is 8.71. The summed E-state index contributed by atoms with van der Waals surface area (Å²) in [6, 6.07) is 3.76. The minimum absolute atomic E-state index is 0.108. The molecule has 1 aliphatic heterocycles. The summed E-state index contributed by atoms with van der Waals surface area (Å²) in [5.74, 6) is -1.78. The Morgan fingerprint density at radius 1 is 1.48 bits per heavy atom. The molecule has 0 aliphatic carbocycles. The molecule has 126 valence electrons. The number of carbonyl (C=O) groups is 1. The second kappa shape index (κ2) is 6.63. The molecule has 1 fully saturated rings. The SMILES string of the molecule is CCc1ccc([N+](=O)[O-])cc1S(=O)(=O)N1CCCC(C(=O)O)C1. The first kappa shape index (κ1) is 17.4. The lowest BCUT2D eigenvalue weighted by molar-refractivity contribution is -0.385. The standard InChI is InChI=1S/C14H18N2O6S/c1-2-10-5-6-12(16(19)20)8-13(10)23(21,22)15-7-3-4-11(9-15)14(17)18/h5-6,8,11H,2-4,7,9H2,1H3,(H,17,18). The fourth-order valence-electron chi connectivity index (χ4n) is 2.69. The van der Waals surface area contributed by atoms with Gasteiger partial charge >= 0.3 is 5.97 Å². The van der Waals surface area contributed by atoms with Crippen molar-refractivity contribution in [2.75, 3.05) is 13.1 Å². The van der Waals surface area contributed by atoms with Crippen molar-refractivity contribution in [2.24, 2.45) is 5.92 Å². The lowest BCUT2D eigenvalue weighted by Crippen LogP contribution is -2.42. The Hall–Kier alpha value is -2.00. The second-order valence-electron chi connectivity index (χ2n) is 5.44. The van der Waals surface area contributed by atoms with E-state index in [-0.39, 0.29) is 23.7 Å². The first-order chi connectivity index (χ1) is 10.8. The van der Waals surface area contributed by atoms with Gasteiger partial charge < -0.3 is 5.11 Å². The van der Waals surface area contributed by atoms with Crippen molar-refractivity contribution >= 4 is 21.7 Å². The summed E-state index contributed by atoms with van der Waals surface area (Å²) in [6.45, 7) is 1.87. The highest BCUT2D eigenvalue weighted by Crippen LogP contribution is 2.29. The highest BCUT2D eigenvalue weighted by atomic mass is 32.2. The lowest BCUT2D eigenvalue weighted by Gasteiger charge is -2.30. The maximum Gasteiger partial charge on any atom is 0.307 e. The van der Waals surface area contributed by atoms with E-state index in [1.165, 1.54) is 12.1 Å². The third-order valence-corrected chi connectivity index (χ3v) is 5.94. The molecule has 0 aromatic heterocycles. The molecule has 1 saturated heterocycles. The Kier molecular flexibility index (Phi) is 5.00. The van der Waals surface area contributed by atoms with Crippen molar-refractivity contribution in [3.8, 4) is 0 Å². The van der Waals surface area contributed by atoms with Gasteiger partial charge in [0.1, 0.15) is 0 Å². The molecule has 8 nitrogen and oxygen atoms in total. The summed E-state index contributed by atoms with van der Waals surface area (Å²) in [4.78, 5) is 21.3. The predicted molar refractivity (Wildman–Crippen MR) is 81.6 cm³/mol. The minimum atomic E-state index is -3.96. The van der Waals surface area contributed by atoms with Crippen molar-refractivity contribution in [3.05, 3.63) is 33.9 Å². The van der Waals surface area contributed by atoms with Gasteiger partial charge in [-0.25, -0.2) is 8.42 Å². The Morgan fingerprint density at radius 3 is 2.74 bits per heavy atom. The van der Waals surface area contributed by atoms with Crippen LogP contribution in [0.3, 0.4) is 0 Å². The molecular formula is C14H18N2O6S. The number of piperidine rings is 1. The van der Waals surface area contributed by atoms with Crippen LogP contribution in [0.15, 0.2) is 23.1 Å². The van der Waals surface area contributed by atoms with Gasteiger partial charge in [0.25, 0.3) is 5.69 Å². The van der Waals surface area contributed by atoms with Crippen LogP contribution >= 0.6 is 0 Å². The van der Waals surface area contributed by atoms with Gasteiger partial charge in [0.2, 0.25) is 10.0 Å². The normalized spacial score (nSPS) is 19.4. The number of sulfonamides is 1. The number of nitrogens with zero attached hydrogens (tertiary/aromatic N) is 2. The van der Waals surface area contributed by atoms with Gasteiger partial charge in [-0.15, -0.1) is 0 Å². The summed E-state index contributed by atoms with van der Waals surface area (Å²) >= 11 is 0. The molecule has 0 radical (unpaired) electrons. The summed E-state index contributed by atoms with van der Waals surface area (Å²) < 4.78 is 26.8. The number of aliphatic carboxylic acids is 1. The molecule has 2 rings (SSSR count). The zero-order chi connectivity index (χ0) is 17.2. The Balaban J connectivity index is 2.44. The van der Waals surface area contributed by atoms with Gasteiger partial charge in [0.15, 0.2) is 0 Å². The molecular weight excluding hydrogens is 324 g/mol. The van der Waals surface area contributed by atoms with Crippen molar-refractivity contribution < 1.29 is 23.2 Å². The summed E-state index contributed by atoms with van der Waals surface area (Å²) in [5.41, 5.74) is 0.181. The van der Waals surface area contributed by atoms with Crippen molar-refractivity contribution in [2.45, 2.75) is 31.1 Å². The fraction of sp³-hybridized carbons (Fsp3) is 0.500. The molecule has 9 heteroatoms. The van der Waals surface area contributed by atoms with E-state index in [0.717, 1.165) is 10.4 Å². The van der Waals surface area contributed by atoms with Gasteiger partial charge in [-0.1, -0.05) is 13.0 Å². The van der Waals surface area contributed by atoms with Crippen LogP contribution in [-0.2, 0) is 21.2 Å². The van der Waals surface area contributed by atoms with Crippen LogP contribution < -0.4 is 0 Å². The first-order valence-electron chi connectivity index (χ1n) is 7.27. The van der Waals surface area contributed by atoms with Crippen molar-refractivity contribution in [1.29, 1.82) is 0 Å². The number of nitro benzene ring substituents is 1. The number of aryl methyl sites for hydroxylation is 1. The molecule has 1 heterocycles. The molecule has 0 saturated carbocycles. The average molecular weight is 342 g/mol. The third-order valence-electron chi connectivity index (χ3n) is 3.99. The van der Waals surface area contributed by atoms with Gasteiger partial charge in [0, 0.05) is 25.2 Å². The molecule has 1 aliphatic rings. The van der Waals surface area contributed by atoms with E-state index in [1.54, 1.807) is 6.92 Å². The summed E-state index contributed by atoms with van der Waals surface area (Å²) in [6.07, 6.45) is 1.28. The van der Waals surface area contributed by atoms with Crippen LogP contribution in [0, 0.1) is 16.0 Å². The number of carboxylic acids is 1. The van der Waals surface area contributed by atoms with Crippen molar-refractivity contribution in [3.63, 3.8) is 0 Å². The largest absolute Gasteiger partial charge is 0.481 e. The third kappa shape index (κ3) is 3.50. The van der Waals surface area contributed by atoms with Crippen LogP contribution in [0.1, 0.15) is 25.3 Å². The highest BCUT2D eigenvalue weighted by molar-refractivity contribution is 7.89. The van der Waals surface area contributed by atoms with Crippen LogP contribution in [0.5, 0.6) is 0 Å². The van der Waals surface area contributed by atoms with E-state index < -0.39 is 26.8 Å². The summed E-state index contributed by atoms with van der Waals surface area (Å²) in [7, 11) is -3.96. The maximum atomic E-state index is 12.8. The Morgan fingerprint density at radius 2 is 2.17 bits per heavy atom. The zero-order valence-electron chi connectivity index (χ0n) is 12.6. The van der Waals surface area contributed by atoms with E-state index in [1.807, 2.05) is 0 Å². The number of hydrogen-bond acceptors (Lipinski definition) is 5. The second-order valence-corrected chi connectivity index (χ2v) is 7.35. The molecule has 1 aromatic rings. The van der Waals surface area contributed by atoms with E-state index in [4.69, 9.17) is 5.11 Å². The van der Waals surface area contributed by atoms with Crippen molar-refractivity contribution in [1.82, 2.24) is 4.31 Å². The van der Waals surface area contributed by atoms with E-state index >= 15 is 0 Å². The van der Waals surface area contributed by atoms with Gasteiger partial charge in [0.05, 0.1) is 15.7 Å². The average Bonchev–Trinajstić information content (AvgIpc) is 2.54. The Bertz CT molecular complexity index is 731. The molecule has 0 bridgehead atoms. The summed E-state index contributed by atoms with van der Waals surface area (Å²) in [5, 5.41) is 20.0. The van der Waals surface area contributed by atoms with Crippen LogP contribution in [0.4, 0.5) is 5.69 Å². The van der Waals surface area contributed by atoms with E-state index in [0.29, 0.717) is 24.8 Å². The molecule has 1 atom stereocenters. The number of non-ortho nitro benzene ring substituents is 1. The smallest absolute Gasteiger partial charge is 0.307 e. The Labute approximate surface area is 133 Å². The number of benzene rings is 1. The molecule has 0 spiro atoms. The molecule has 1 unspecified atom stereocenters. The van der Waals surface area contributed by atoms with Gasteiger partial charge in [-0.2, -0.15) is 4.31 Å². The quantitative estimate of drug-likeness (QED) is 0.642. The van der Waals surface area contributed by atoms with E-state index in [9.17, 15) is 23.3 Å².